The van der Waals surface area contributed by atoms with Gasteiger partial charge in [-0.15, -0.1) is 0 Å². The third-order valence-electron chi connectivity index (χ3n) is 7.18. The number of fused-ring (bicyclic) bond motifs is 3. The minimum atomic E-state index is -1.15. The fraction of sp³-hybridized carbons (Fsp3) is 0.229. The molecule has 0 heterocycles. The largest absolute Gasteiger partial charge is 0.480 e. The average Bonchev–Trinajstić information content (AvgIpc) is 3.29. The maximum Gasteiger partial charge on any atom is 0.407 e. The molecule has 42 heavy (non-hydrogen) atoms. The fourth-order valence-corrected chi connectivity index (χ4v) is 5.19. The molecule has 5 rings (SSSR count). The predicted octanol–water partition coefficient (Wildman–Crippen LogP) is 6.84. The molecule has 0 radical (unpaired) electrons. The first-order valence-corrected chi connectivity index (χ1v) is 13.9. The highest BCUT2D eigenvalue weighted by Crippen LogP contribution is 2.44. The lowest BCUT2D eigenvalue weighted by molar-refractivity contribution is -0.139. The topological polar surface area (TPSA) is 102 Å². The van der Waals surface area contributed by atoms with Gasteiger partial charge >= 0.3 is 18.0 Å². The summed E-state index contributed by atoms with van der Waals surface area (Å²) in [6.45, 7) is 5.57. The van der Waals surface area contributed by atoms with Gasteiger partial charge in [-0.3, -0.25) is 0 Å². The highest BCUT2D eigenvalue weighted by Gasteiger charge is 2.30. The number of carbonyl (C=O) groups excluding carboxylic acids is 2. The summed E-state index contributed by atoms with van der Waals surface area (Å²) in [5.41, 5.74) is 6.86. The maximum atomic E-state index is 12.7. The molecule has 7 heteroatoms. The number of esters is 1. The zero-order valence-electron chi connectivity index (χ0n) is 23.8. The standard InChI is InChI=1S/C35H33NO6/c1-35(2,3)42-33(39)25-18-16-24(17-19-25)23-14-12-22(13-15-23)20-31(32(37)38)36-34(40)41-21-30-28-10-6-4-8-26(28)27-9-5-7-11-29(27)30/h4-19,30-31H,20-21H2,1-3H3,(H,36,40)(H,37,38). The molecule has 7 nitrogen and oxygen atoms in total. The molecule has 0 saturated heterocycles. The Hall–Kier alpha value is -4.91. The number of aliphatic carboxylic acids is 1. The first-order chi connectivity index (χ1) is 20.1. The smallest absolute Gasteiger partial charge is 0.407 e. The highest BCUT2D eigenvalue weighted by atomic mass is 16.6. The van der Waals surface area contributed by atoms with Crippen LogP contribution in [0, 0.1) is 0 Å². The molecule has 0 aliphatic heterocycles. The monoisotopic (exact) mass is 563 g/mol. The summed E-state index contributed by atoms with van der Waals surface area (Å²) in [4.78, 5) is 37.0. The molecule has 0 bridgehead atoms. The first-order valence-electron chi connectivity index (χ1n) is 13.9. The SMILES string of the molecule is CC(C)(C)OC(=O)c1ccc(-c2ccc(CC(NC(=O)OCC3c4ccccc4-c4ccccc43)C(=O)O)cc2)cc1. The molecule has 0 aromatic heterocycles. The van der Waals surface area contributed by atoms with Gasteiger partial charge in [-0.05, 0) is 71.8 Å². The van der Waals surface area contributed by atoms with Crippen LogP contribution in [-0.2, 0) is 20.7 Å². The molecule has 4 aromatic carbocycles. The lowest BCUT2D eigenvalue weighted by Crippen LogP contribution is -2.42. The molecule has 0 saturated carbocycles. The minimum absolute atomic E-state index is 0.0946. The number of carbonyl (C=O) groups is 3. The van der Waals surface area contributed by atoms with Crippen molar-refractivity contribution in [3.63, 3.8) is 0 Å². The molecular weight excluding hydrogens is 530 g/mol. The lowest BCUT2D eigenvalue weighted by Gasteiger charge is -2.19. The van der Waals surface area contributed by atoms with E-state index in [2.05, 4.69) is 17.4 Å². The van der Waals surface area contributed by atoms with Gasteiger partial charge in [0.15, 0.2) is 0 Å². The highest BCUT2D eigenvalue weighted by molar-refractivity contribution is 5.90. The summed E-state index contributed by atoms with van der Waals surface area (Å²) >= 11 is 0. The fourth-order valence-electron chi connectivity index (χ4n) is 5.19. The van der Waals surface area contributed by atoms with Gasteiger partial charge in [0, 0.05) is 12.3 Å². The number of ether oxygens (including phenoxy) is 2. The zero-order valence-corrected chi connectivity index (χ0v) is 23.8. The van der Waals surface area contributed by atoms with E-state index in [1.165, 1.54) is 0 Å². The van der Waals surface area contributed by atoms with Gasteiger partial charge in [-0.2, -0.15) is 0 Å². The third-order valence-corrected chi connectivity index (χ3v) is 7.18. The zero-order chi connectivity index (χ0) is 29.9. The minimum Gasteiger partial charge on any atom is -0.480 e. The molecule has 0 spiro atoms. The Morgan fingerprint density at radius 3 is 1.83 bits per heavy atom. The molecule has 1 aliphatic carbocycles. The lowest BCUT2D eigenvalue weighted by atomic mass is 9.98. The van der Waals surface area contributed by atoms with E-state index >= 15 is 0 Å². The van der Waals surface area contributed by atoms with Gasteiger partial charge in [0.05, 0.1) is 5.56 Å². The number of alkyl carbamates (subject to hydrolysis) is 1. The van der Waals surface area contributed by atoms with Gasteiger partial charge in [0.25, 0.3) is 0 Å². The number of nitrogens with one attached hydrogen (secondary N) is 1. The van der Waals surface area contributed by atoms with Crippen molar-refractivity contribution in [1.29, 1.82) is 0 Å². The van der Waals surface area contributed by atoms with E-state index in [-0.39, 0.29) is 24.9 Å². The molecule has 1 atom stereocenters. The Balaban J connectivity index is 1.19. The van der Waals surface area contributed by atoms with Crippen LogP contribution in [0.5, 0.6) is 0 Å². The Bertz CT molecular complexity index is 1560. The summed E-state index contributed by atoms with van der Waals surface area (Å²) in [6, 6.07) is 29.4. The molecule has 214 valence electrons. The van der Waals surface area contributed by atoms with Crippen molar-refractivity contribution in [1.82, 2.24) is 5.32 Å². The van der Waals surface area contributed by atoms with Crippen LogP contribution in [0.4, 0.5) is 4.79 Å². The van der Waals surface area contributed by atoms with Crippen molar-refractivity contribution in [2.75, 3.05) is 6.61 Å². The average molecular weight is 564 g/mol. The molecule has 2 N–H and O–H groups in total. The summed E-state index contributed by atoms with van der Waals surface area (Å²) in [7, 11) is 0. The number of hydrogen-bond donors (Lipinski definition) is 2. The van der Waals surface area contributed by atoms with E-state index < -0.39 is 23.7 Å². The number of carboxylic acids is 1. The van der Waals surface area contributed by atoms with Gasteiger partial charge in [0.2, 0.25) is 0 Å². The second-order valence-electron chi connectivity index (χ2n) is 11.3. The van der Waals surface area contributed by atoms with Crippen molar-refractivity contribution in [2.45, 2.75) is 44.8 Å². The van der Waals surface area contributed by atoms with Crippen LogP contribution < -0.4 is 5.32 Å². The number of hydrogen-bond acceptors (Lipinski definition) is 5. The Morgan fingerprint density at radius 1 is 0.786 bits per heavy atom. The van der Waals surface area contributed by atoms with Crippen LogP contribution in [0.2, 0.25) is 0 Å². The van der Waals surface area contributed by atoms with E-state index in [1.54, 1.807) is 12.1 Å². The number of rotatable bonds is 8. The molecule has 0 fully saturated rings. The van der Waals surface area contributed by atoms with E-state index in [4.69, 9.17) is 9.47 Å². The van der Waals surface area contributed by atoms with Crippen molar-refractivity contribution < 1.29 is 29.0 Å². The number of carboxylic acid groups (broad SMARTS) is 1. The summed E-state index contributed by atoms with van der Waals surface area (Å²) in [6.07, 6.45) is -0.678. The second-order valence-corrected chi connectivity index (χ2v) is 11.3. The number of amides is 1. The van der Waals surface area contributed by atoms with Crippen LogP contribution in [0.3, 0.4) is 0 Å². The van der Waals surface area contributed by atoms with Crippen molar-refractivity contribution in [3.05, 3.63) is 119 Å². The summed E-state index contributed by atoms with van der Waals surface area (Å²) in [5, 5.41) is 12.3. The molecule has 1 amide bonds. The third kappa shape index (κ3) is 6.52. The van der Waals surface area contributed by atoms with Crippen molar-refractivity contribution in [2.24, 2.45) is 0 Å². The maximum absolute atomic E-state index is 12.7. The summed E-state index contributed by atoms with van der Waals surface area (Å²) in [5.74, 6) is -1.64. The summed E-state index contributed by atoms with van der Waals surface area (Å²) < 4.78 is 11.0. The normalized spacial score (nSPS) is 13.0. The van der Waals surface area contributed by atoms with Crippen molar-refractivity contribution in [3.8, 4) is 22.3 Å². The Labute approximate surface area is 245 Å². The van der Waals surface area contributed by atoms with E-state index in [0.29, 0.717) is 5.56 Å². The molecule has 1 aliphatic rings. The molecule has 4 aromatic rings. The quantitative estimate of drug-likeness (QED) is 0.228. The molecular formula is C35H33NO6. The van der Waals surface area contributed by atoms with Crippen LogP contribution in [-0.4, -0.2) is 41.4 Å². The first kappa shape index (κ1) is 28.6. The van der Waals surface area contributed by atoms with E-state index in [9.17, 15) is 19.5 Å². The van der Waals surface area contributed by atoms with Crippen molar-refractivity contribution >= 4 is 18.0 Å². The van der Waals surface area contributed by atoms with Gasteiger partial charge < -0.3 is 19.9 Å². The van der Waals surface area contributed by atoms with Crippen LogP contribution in [0.15, 0.2) is 97.1 Å². The Kier molecular flexibility index (Phi) is 8.11. The van der Waals surface area contributed by atoms with Crippen LogP contribution in [0.25, 0.3) is 22.3 Å². The van der Waals surface area contributed by atoms with Gasteiger partial charge in [-0.25, -0.2) is 14.4 Å². The van der Waals surface area contributed by atoms with Crippen LogP contribution in [0.1, 0.15) is 53.7 Å². The van der Waals surface area contributed by atoms with Gasteiger partial charge in [-0.1, -0.05) is 84.9 Å². The number of benzene rings is 4. The van der Waals surface area contributed by atoms with Crippen LogP contribution >= 0.6 is 0 Å². The van der Waals surface area contributed by atoms with Gasteiger partial charge in [0.1, 0.15) is 18.2 Å². The predicted molar refractivity (Wildman–Crippen MR) is 160 cm³/mol. The van der Waals surface area contributed by atoms with E-state index in [1.807, 2.05) is 93.6 Å². The Morgan fingerprint density at radius 2 is 1.31 bits per heavy atom. The van der Waals surface area contributed by atoms with E-state index in [0.717, 1.165) is 38.9 Å². The second kappa shape index (κ2) is 11.9. The molecule has 1 unspecified atom stereocenters.